The Morgan fingerprint density at radius 2 is 1.92 bits per heavy atom. The minimum absolute atomic E-state index is 0.133. The number of carbonyl (C=O) groups is 1. The van der Waals surface area contributed by atoms with Gasteiger partial charge in [-0.3, -0.25) is 4.79 Å². The molecule has 1 fully saturated rings. The lowest BCUT2D eigenvalue weighted by Crippen LogP contribution is -2.55. The summed E-state index contributed by atoms with van der Waals surface area (Å²) in [6, 6.07) is 5.47. The van der Waals surface area contributed by atoms with E-state index in [0.717, 1.165) is 11.2 Å². The molecular formula is C17H22BN3O4. The van der Waals surface area contributed by atoms with Gasteiger partial charge in [0.05, 0.1) is 16.9 Å². The van der Waals surface area contributed by atoms with Crippen LogP contribution >= 0.6 is 0 Å². The number of carbonyl (C=O) groups excluding carboxylic acids is 1. The molecule has 1 saturated heterocycles. The molecule has 3 heterocycles. The molecule has 25 heavy (non-hydrogen) atoms. The zero-order valence-corrected chi connectivity index (χ0v) is 15.1. The summed E-state index contributed by atoms with van der Waals surface area (Å²) in [5.74, 6) is 1.27. The molecule has 4 rings (SSSR count). The molecule has 132 valence electrons. The van der Waals surface area contributed by atoms with Crippen molar-refractivity contribution in [1.82, 2.24) is 5.43 Å². The maximum Gasteiger partial charge on any atom is 0.494 e. The summed E-state index contributed by atoms with van der Waals surface area (Å²) < 4.78 is 18.1. The van der Waals surface area contributed by atoms with Crippen molar-refractivity contribution in [3.05, 3.63) is 18.2 Å². The van der Waals surface area contributed by atoms with E-state index in [1.807, 2.05) is 57.7 Å². The van der Waals surface area contributed by atoms with Crippen LogP contribution in [0.15, 0.2) is 23.3 Å². The Labute approximate surface area is 147 Å². The van der Waals surface area contributed by atoms with Gasteiger partial charge in [0.1, 0.15) is 18.4 Å². The molecular weight excluding hydrogens is 321 g/mol. The number of amidine groups is 1. The number of amides is 1. The molecule has 1 unspecified atom stereocenters. The molecule has 3 aliphatic heterocycles. The molecule has 3 aliphatic rings. The van der Waals surface area contributed by atoms with E-state index < -0.39 is 18.3 Å². The summed E-state index contributed by atoms with van der Waals surface area (Å²) in [5, 5.41) is 4.09. The molecule has 1 atom stereocenters. The number of hydrogen-bond acceptors (Lipinski definition) is 6. The van der Waals surface area contributed by atoms with E-state index in [1.165, 1.54) is 0 Å². The first-order chi connectivity index (χ1) is 11.7. The van der Waals surface area contributed by atoms with E-state index in [9.17, 15) is 4.79 Å². The van der Waals surface area contributed by atoms with Crippen molar-refractivity contribution in [2.45, 2.75) is 51.9 Å². The number of anilines is 1. The smallest absolute Gasteiger partial charge is 0.483 e. The summed E-state index contributed by atoms with van der Waals surface area (Å²) in [5.41, 5.74) is 3.45. The Bertz CT molecular complexity index is 761. The SMILES string of the molecule is CC1C(=O)NN=C2COc3cc(B4OC(C)(C)C(C)(C)O4)ccc3N21. The lowest BCUT2D eigenvalue weighted by atomic mass is 9.79. The van der Waals surface area contributed by atoms with Gasteiger partial charge in [-0.15, -0.1) is 0 Å². The number of fused-ring (bicyclic) bond motifs is 3. The lowest BCUT2D eigenvalue weighted by molar-refractivity contribution is -0.122. The van der Waals surface area contributed by atoms with Gasteiger partial charge in [0.15, 0.2) is 5.84 Å². The van der Waals surface area contributed by atoms with Gasteiger partial charge in [0.2, 0.25) is 0 Å². The highest BCUT2D eigenvalue weighted by Gasteiger charge is 2.52. The minimum Gasteiger partial charge on any atom is -0.483 e. The highest BCUT2D eigenvalue weighted by Crippen LogP contribution is 2.38. The minimum atomic E-state index is -0.448. The van der Waals surface area contributed by atoms with Crippen LogP contribution in [0.4, 0.5) is 5.69 Å². The molecule has 0 aliphatic carbocycles. The molecule has 0 saturated carbocycles. The van der Waals surface area contributed by atoms with E-state index >= 15 is 0 Å². The number of nitrogens with one attached hydrogen (secondary N) is 1. The maximum atomic E-state index is 11.9. The summed E-state index contributed by atoms with van der Waals surface area (Å²) in [6.45, 7) is 10.3. The van der Waals surface area contributed by atoms with E-state index in [4.69, 9.17) is 14.0 Å². The third kappa shape index (κ3) is 2.43. The molecule has 0 spiro atoms. The van der Waals surface area contributed by atoms with Crippen molar-refractivity contribution in [2.24, 2.45) is 5.10 Å². The molecule has 7 nitrogen and oxygen atoms in total. The largest absolute Gasteiger partial charge is 0.494 e. The predicted octanol–water partition coefficient (Wildman–Crippen LogP) is 1.02. The van der Waals surface area contributed by atoms with Crippen LogP contribution in [0.3, 0.4) is 0 Å². The molecule has 1 amide bonds. The number of benzene rings is 1. The van der Waals surface area contributed by atoms with Crippen LogP contribution in [0.1, 0.15) is 34.6 Å². The van der Waals surface area contributed by atoms with E-state index in [-0.39, 0.29) is 11.9 Å². The Hall–Kier alpha value is -2.06. The number of rotatable bonds is 1. The van der Waals surface area contributed by atoms with Gasteiger partial charge in [-0.2, -0.15) is 5.10 Å². The Kier molecular flexibility index (Phi) is 3.43. The van der Waals surface area contributed by atoms with E-state index in [2.05, 4.69) is 10.5 Å². The predicted molar refractivity (Wildman–Crippen MR) is 95.2 cm³/mol. The van der Waals surface area contributed by atoms with Gasteiger partial charge in [-0.1, -0.05) is 6.07 Å². The first kappa shape index (κ1) is 16.4. The third-order valence-corrected chi connectivity index (χ3v) is 5.47. The first-order valence-corrected chi connectivity index (χ1v) is 8.48. The second-order valence-corrected chi connectivity index (χ2v) is 7.65. The molecule has 1 aromatic carbocycles. The van der Waals surface area contributed by atoms with Crippen molar-refractivity contribution >= 4 is 30.0 Å². The van der Waals surface area contributed by atoms with Crippen LogP contribution in [-0.4, -0.2) is 42.7 Å². The highest BCUT2D eigenvalue weighted by atomic mass is 16.7. The number of nitrogens with zero attached hydrogens (tertiary/aromatic N) is 2. The molecule has 1 aromatic rings. The van der Waals surface area contributed by atoms with Crippen LogP contribution in [-0.2, 0) is 14.1 Å². The average molecular weight is 343 g/mol. The first-order valence-electron chi connectivity index (χ1n) is 8.48. The Balaban J connectivity index is 1.67. The zero-order chi connectivity index (χ0) is 18.0. The third-order valence-electron chi connectivity index (χ3n) is 5.47. The van der Waals surface area contributed by atoms with Gasteiger partial charge in [0, 0.05) is 0 Å². The van der Waals surface area contributed by atoms with Crippen LogP contribution in [0, 0.1) is 0 Å². The van der Waals surface area contributed by atoms with Crippen molar-refractivity contribution < 1.29 is 18.8 Å². The van der Waals surface area contributed by atoms with Crippen LogP contribution < -0.4 is 20.5 Å². The van der Waals surface area contributed by atoms with Gasteiger partial charge in [0.25, 0.3) is 5.91 Å². The topological polar surface area (TPSA) is 72.4 Å². The number of hydrazone groups is 1. The van der Waals surface area contributed by atoms with Gasteiger partial charge in [-0.05, 0) is 52.2 Å². The van der Waals surface area contributed by atoms with Gasteiger partial charge < -0.3 is 18.9 Å². The summed E-state index contributed by atoms with van der Waals surface area (Å²) in [7, 11) is -0.448. The van der Waals surface area contributed by atoms with Gasteiger partial charge in [-0.25, -0.2) is 5.43 Å². The van der Waals surface area contributed by atoms with E-state index in [1.54, 1.807) is 0 Å². The maximum absolute atomic E-state index is 11.9. The zero-order valence-electron chi connectivity index (χ0n) is 15.1. The number of hydrogen-bond donors (Lipinski definition) is 1. The molecule has 1 N–H and O–H groups in total. The second-order valence-electron chi connectivity index (χ2n) is 7.65. The fraction of sp³-hybridized carbons (Fsp3) is 0.529. The van der Waals surface area contributed by atoms with Crippen molar-refractivity contribution in [2.75, 3.05) is 11.5 Å². The quantitative estimate of drug-likeness (QED) is 0.771. The summed E-state index contributed by atoms with van der Waals surface area (Å²) >= 11 is 0. The highest BCUT2D eigenvalue weighted by molar-refractivity contribution is 6.62. The fourth-order valence-electron chi connectivity index (χ4n) is 3.17. The fourth-order valence-corrected chi connectivity index (χ4v) is 3.17. The molecule has 0 bridgehead atoms. The molecule has 0 aromatic heterocycles. The van der Waals surface area contributed by atoms with Crippen molar-refractivity contribution in [3.63, 3.8) is 0 Å². The van der Waals surface area contributed by atoms with Crippen LogP contribution in [0.2, 0.25) is 0 Å². The number of ether oxygens (including phenoxy) is 1. The van der Waals surface area contributed by atoms with Crippen LogP contribution in [0.25, 0.3) is 0 Å². The normalized spacial score (nSPS) is 26.4. The summed E-state index contributed by atoms with van der Waals surface area (Å²) in [6.07, 6.45) is 0. The lowest BCUT2D eigenvalue weighted by Gasteiger charge is -2.38. The Morgan fingerprint density at radius 3 is 2.60 bits per heavy atom. The van der Waals surface area contributed by atoms with Crippen molar-refractivity contribution in [3.8, 4) is 5.75 Å². The molecule has 0 radical (unpaired) electrons. The van der Waals surface area contributed by atoms with Crippen LogP contribution in [0.5, 0.6) is 5.75 Å². The van der Waals surface area contributed by atoms with Gasteiger partial charge >= 0.3 is 7.12 Å². The van der Waals surface area contributed by atoms with Crippen molar-refractivity contribution in [1.29, 1.82) is 0 Å². The second kappa shape index (κ2) is 5.22. The monoisotopic (exact) mass is 343 g/mol. The standard InChI is InChI=1S/C17H22BN3O4/c1-10-15(22)20-19-14-9-23-13-8-11(6-7-12(13)21(10)14)18-24-16(2,3)17(4,5)25-18/h6-8,10H,9H2,1-5H3,(H,20,22). The molecule has 8 heteroatoms. The van der Waals surface area contributed by atoms with E-state index in [0.29, 0.717) is 18.2 Å². The summed E-state index contributed by atoms with van der Waals surface area (Å²) in [4.78, 5) is 13.8. The Morgan fingerprint density at radius 1 is 1.24 bits per heavy atom. The average Bonchev–Trinajstić information content (AvgIpc) is 2.78.